The predicted molar refractivity (Wildman–Crippen MR) is 93.9 cm³/mol. The topological polar surface area (TPSA) is 0 Å². The fourth-order valence-electron chi connectivity index (χ4n) is 2.26. The van der Waals surface area contributed by atoms with Crippen LogP contribution in [0.5, 0.6) is 0 Å². The lowest BCUT2D eigenvalue weighted by Crippen LogP contribution is -1.78. The van der Waals surface area contributed by atoms with Crippen LogP contribution in [0.4, 0.5) is 0 Å². The molecule has 19 heavy (non-hydrogen) atoms. The van der Waals surface area contributed by atoms with Gasteiger partial charge < -0.3 is 0 Å². The minimum absolute atomic E-state index is 1.05. The van der Waals surface area contributed by atoms with E-state index in [1.807, 2.05) is 27.7 Å². The van der Waals surface area contributed by atoms with E-state index in [2.05, 4.69) is 27.7 Å². The molecule has 2 aliphatic carbocycles. The first-order valence-electron chi connectivity index (χ1n) is 9.20. The smallest absolute Gasteiger partial charge is 0.0443 e. The lowest BCUT2D eigenvalue weighted by atomic mass is 10.2. The van der Waals surface area contributed by atoms with Crippen LogP contribution in [0.1, 0.15) is 113 Å². The van der Waals surface area contributed by atoms with Gasteiger partial charge in [0.15, 0.2) is 0 Å². The maximum Gasteiger partial charge on any atom is -0.0443 e. The lowest BCUT2D eigenvalue weighted by Gasteiger charge is -1.91. The monoisotopic (exact) mass is 272 g/mol. The second-order valence-corrected chi connectivity index (χ2v) is 5.49. The third kappa shape index (κ3) is 23.5. The molecule has 0 radical (unpaired) electrons. The van der Waals surface area contributed by atoms with Gasteiger partial charge in [-0.3, -0.25) is 0 Å². The van der Waals surface area contributed by atoms with Gasteiger partial charge in [0, 0.05) is 0 Å². The molecule has 0 saturated heterocycles. The second kappa shape index (κ2) is 23.1. The maximum atomic E-state index is 2.34. The first kappa shape index (κ1) is 24.0. The van der Waals surface area contributed by atoms with Gasteiger partial charge in [0.2, 0.25) is 0 Å². The normalized spacial score (nSPS) is 17.7. The van der Waals surface area contributed by atoms with E-state index in [1.54, 1.807) is 0 Å². The summed E-state index contributed by atoms with van der Waals surface area (Å²) >= 11 is 0. The van der Waals surface area contributed by atoms with Gasteiger partial charge >= 0.3 is 0 Å². The van der Waals surface area contributed by atoms with Crippen LogP contribution in [0.15, 0.2) is 0 Å². The van der Waals surface area contributed by atoms with Crippen LogP contribution in [0.2, 0.25) is 0 Å². The van der Waals surface area contributed by atoms with Crippen LogP contribution in [0.3, 0.4) is 0 Å². The van der Waals surface area contributed by atoms with Gasteiger partial charge in [0.1, 0.15) is 0 Å². The van der Waals surface area contributed by atoms with Crippen molar-refractivity contribution in [1.82, 2.24) is 0 Å². The molecule has 0 atom stereocenters. The Kier molecular flexibility index (Phi) is 29.3. The molecule has 0 spiro atoms. The van der Waals surface area contributed by atoms with Crippen LogP contribution in [-0.4, -0.2) is 0 Å². The molecule has 0 aromatic rings. The van der Waals surface area contributed by atoms with Crippen LogP contribution in [0, 0.1) is 11.8 Å². The molecule has 0 N–H and O–H groups in total. The van der Waals surface area contributed by atoms with E-state index in [0.717, 1.165) is 11.8 Å². The summed E-state index contributed by atoms with van der Waals surface area (Å²) in [5.74, 6) is 2.09. The van der Waals surface area contributed by atoms with E-state index >= 15 is 0 Å². The quantitative estimate of drug-likeness (QED) is 0.421. The molecular weight excluding hydrogens is 228 g/mol. The van der Waals surface area contributed by atoms with Crippen LogP contribution < -0.4 is 0 Å². The Morgan fingerprint density at radius 1 is 0.579 bits per heavy atom. The summed E-state index contributed by atoms with van der Waals surface area (Å²) in [7, 11) is 0. The molecule has 0 aromatic carbocycles. The lowest BCUT2D eigenvalue weighted by molar-refractivity contribution is 0.612. The van der Waals surface area contributed by atoms with Gasteiger partial charge in [-0.2, -0.15) is 0 Å². The average molecular weight is 273 g/mol. The molecule has 2 saturated carbocycles. The van der Waals surface area contributed by atoms with Gasteiger partial charge in [0.05, 0.1) is 0 Å². The molecule has 120 valence electrons. The minimum Gasteiger partial charge on any atom is -0.0683 e. The first-order valence-corrected chi connectivity index (χ1v) is 9.20. The van der Waals surface area contributed by atoms with E-state index in [9.17, 15) is 0 Å². The Hall–Kier alpha value is 0. The molecule has 0 heterocycles. The van der Waals surface area contributed by atoms with Gasteiger partial charge in [-0.25, -0.2) is 0 Å². The minimum atomic E-state index is 1.05. The molecule has 2 aliphatic rings. The highest BCUT2D eigenvalue weighted by Gasteiger charge is 2.07. The molecule has 0 nitrogen and oxygen atoms in total. The molecule has 0 unspecified atom stereocenters. The van der Waals surface area contributed by atoms with E-state index in [1.165, 1.54) is 57.8 Å². The van der Waals surface area contributed by atoms with E-state index in [4.69, 9.17) is 0 Å². The Balaban J connectivity index is -0.000000187. The van der Waals surface area contributed by atoms with Crippen LogP contribution >= 0.6 is 0 Å². The van der Waals surface area contributed by atoms with Crippen molar-refractivity contribution in [3.63, 3.8) is 0 Å². The molecule has 2 rings (SSSR count). The maximum absolute atomic E-state index is 2.34. The Bertz CT molecular complexity index is 91.2. The summed E-state index contributed by atoms with van der Waals surface area (Å²) in [5.41, 5.74) is 0. The van der Waals surface area contributed by atoms with Crippen LogP contribution in [-0.2, 0) is 0 Å². The van der Waals surface area contributed by atoms with Gasteiger partial charge in [-0.1, -0.05) is 113 Å². The summed E-state index contributed by atoms with van der Waals surface area (Å²) in [6, 6.07) is 0. The third-order valence-corrected chi connectivity index (χ3v) is 3.29. The Labute approximate surface area is 125 Å². The first-order chi connectivity index (χ1) is 9.20. The average Bonchev–Trinajstić information content (AvgIpc) is 3.10. The van der Waals surface area contributed by atoms with Crippen molar-refractivity contribution in [2.75, 3.05) is 0 Å². The van der Waals surface area contributed by atoms with Crippen molar-refractivity contribution < 1.29 is 0 Å². The molecular formula is C19H44. The fraction of sp³-hybridized carbons (Fsp3) is 1.00. The summed E-state index contributed by atoms with van der Waals surface area (Å²) in [6.07, 6.45) is 13.1. The largest absolute Gasteiger partial charge is 0.0683 e. The molecule has 0 amide bonds. The Morgan fingerprint density at radius 3 is 0.789 bits per heavy atom. The van der Waals surface area contributed by atoms with E-state index < -0.39 is 0 Å². The van der Waals surface area contributed by atoms with Crippen molar-refractivity contribution >= 4 is 0 Å². The van der Waals surface area contributed by atoms with Crippen molar-refractivity contribution in [2.24, 2.45) is 11.8 Å². The van der Waals surface area contributed by atoms with Gasteiger partial charge in [0.25, 0.3) is 0 Å². The summed E-state index contributed by atoms with van der Waals surface area (Å²) in [4.78, 5) is 0. The van der Waals surface area contributed by atoms with Crippen molar-refractivity contribution in [2.45, 2.75) is 113 Å². The molecule has 0 aliphatic heterocycles. The zero-order chi connectivity index (χ0) is 15.5. The highest BCUT2D eigenvalue weighted by molar-refractivity contribution is 4.61. The molecule has 0 bridgehead atoms. The molecule has 0 aromatic heterocycles. The second-order valence-electron chi connectivity index (χ2n) is 5.49. The standard InChI is InChI=1S/2C6H12.C3H8.2C2H6/c2*1-6-4-2-3-5-6;1-3-2;2*1-2/h2*6H,2-5H2,1H3;3H2,1-2H3;2*1-2H3. The van der Waals surface area contributed by atoms with E-state index in [0.29, 0.717) is 0 Å². The van der Waals surface area contributed by atoms with Crippen molar-refractivity contribution in [1.29, 1.82) is 0 Å². The van der Waals surface area contributed by atoms with Crippen molar-refractivity contribution in [3.05, 3.63) is 0 Å². The fourth-order valence-corrected chi connectivity index (χ4v) is 2.26. The summed E-state index contributed by atoms with van der Waals surface area (Å²) in [6.45, 7) is 16.9. The number of hydrogen-bond donors (Lipinski definition) is 0. The number of hydrogen-bond acceptors (Lipinski definition) is 0. The zero-order valence-electron chi connectivity index (χ0n) is 15.5. The molecule has 0 heteroatoms. The number of rotatable bonds is 0. The zero-order valence-corrected chi connectivity index (χ0v) is 15.5. The summed E-state index contributed by atoms with van der Waals surface area (Å²) < 4.78 is 0. The van der Waals surface area contributed by atoms with Gasteiger partial charge in [-0.15, -0.1) is 0 Å². The van der Waals surface area contributed by atoms with Gasteiger partial charge in [-0.05, 0) is 11.8 Å². The van der Waals surface area contributed by atoms with Crippen molar-refractivity contribution in [3.8, 4) is 0 Å². The Morgan fingerprint density at radius 2 is 0.737 bits per heavy atom. The predicted octanol–water partition coefficient (Wildman–Crippen LogP) is 7.86. The SMILES string of the molecule is CC.CC.CC1CCCC1.CC1CCCC1.CCC. The van der Waals surface area contributed by atoms with Crippen LogP contribution in [0.25, 0.3) is 0 Å². The highest BCUT2D eigenvalue weighted by atomic mass is 14.1. The third-order valence-electron chi connectivity index (χ3n) is 3.29. The molecule has 2 fully saturated rings. The van der Waals surface area contributed by atoms with E-state index in [-0.39, 0.29) is 0 Å². The highest BCUT2D eigenvalue weighted by Crippen LogP contribution is 2.23. The summed E-state index contributed by atoms with van der Waals surface area (Å²) in [5, 5.41) is 0.